The van der Waals surface area contributed by atoms with Crippen molar-refractivity contribution in [1.82, 2.24) is 0 Å². The largest absolute Gasteiger partial charge is 0.497 e. The van der Waals surface area contributed by atoms with Crippen LogP contribution >= 0.6 is 11.6 Å². The zero-order valence-corrected chi connectivity index (χ0v) is 16.6. The second kappa shape index (κ2) is 7.53. The van der Waals surface area contributed by atoms with Gasteiger partial charge in [-0.15, -0.1) is 0 Å². The molecule has 1 heterocycles. The summed E-state index contributed by atoms with van der Waals surface area (Å²) in [6.45, 7) is 1.85. The molecule has 144 valence electrons. The van der Waals surface area contributed by atoms with Gasteiger partial charge >= 0.3 is 0 Å². The number of imide groups is 1. The molecule has 0 fully saturated rings. The molecule has 0 unspecified atom stereocenters. The highest BCUT2D eigenvalue weighted by molar-refractivity contribution is 6.36. The number of aryl methyl sites for hydroxylation is 1. The zero-order valence-electron chi connectivity index (χ0n) is 15.8. The molecule has 0 radical (unpaired) electrons. The molecule has 29 heavy (non-hydrogen) atoms. The zero-order chi connectivity index (χ0) is 20.5. The highest BCUT2D eigenvalue weighted by atomic mass is 35.5. The summed E-state index contributed by atoms with van der Waals surface area (Å²) in [5, 5.41) is 0.423. The molecule has 4 rings (SSSR count). The van der Waals surface area contributed by atoms with E-state index in [1.807, 2.05) is 37.3 Å². The molecular weight excluding hydrogens is 388 g/mol. The van der Waals surface area contributed by atoms with E-state index in [1.54, 1.807) is 37.6 Å². The molecular formula is C23H17ClN2O3. The molecule has 0 aliphatic carbocycles. The number of methoxy groups -OCH3 is 1. The fourth-order valence-corrected chi connectivity index (χ4v) is 3.41. The Hall–Kier alpha value is -3.44. The van der Waals surface area contributed by atoms with E-state index in [-0.39, 0.29) is 11.8 Å². The average Bonchev–Trinajstić information content (AvgIpc) is 2.97. The molecule has 1 aliphatic rings. The number of anilines is 1. The van der Waals surface area contributed by atoms with Crippen LogP contribution in [0.25, 0.3) is 0 Å². The van der Waals surface area contributed by atoms with Crippen LogP contribution in [0.1, 0.15) is 31.8 Å². The van der Waals surface area contributed by atoms with Gasteiger partial charge in [0.1, 0.15) is 5.75 Å². The number of nitrogens with zero attached hydrogens (tertiary/aromatic N) is 2. The molecule has 0 atom stereocenters. The third-order valence-electron chi connectivity index (χ3n) is 4.75. The normalized spacial score (nSPS) is 13.3. The first-order chi connectivity index (χ1) is 14.0. The molecule has 0 saturated heterocycles. The van der Waals surface area contributed by atoms with Crippen LogP contribution in [0.5, 0.6) is 5.75 Å². The van der Waals surface area contributed by atoms with Crippen molar-refractivity contribution >= 4 is 41.0 Å². The third kappa shape index (κ3) is 3.52. The van der Waals surface area contributed by atoms with Gasteiger partial charge in [0.05, 0.1) is 29.6 Å². The Kier molecular flexibility index (Phi) is 4.91. The maximum Gasteiger partial charge on any atom is 0.266 e. The van der Waals surface area contributed by atoms with Crippen LogP contribution in [0.2, 0.25) is 5.02 Å². The predicted octanol–water partition coefficient (Wildman–Crippen LogP) is 5.21. The Labute approximate surface area is 173 Å². The number of hydrogen-bond acceptors (Lipinski definition) is 4. The second-order valence-electron chi connectivity index (χ2n) is 6.64. The number of hydrogen-bond donors (Lipinski definition) is 0. The first-order valence-electron chi connectivity index (χ1n) is 8.95. The highest BCUT2D eigenvalue weighted by Gasteiger charge is 2.37. The summed E-state index contributed by atoms with van der Waals surface area (Å²) in [4.78, 5) is 31.2. The first-order valence-corrected chi connectivity index (χ1v) is 9.33. The van der Waals surface area contributed by atoms with E-state index in [4.69, 9.17) is 16.3 Å². The van der Waals surface area contributed by atoms with Gasteiger partial charge in [0.2, 0.25) is 0 Å². The Balaban J connectivity index is 1.60. The quantitative estimate of drug-likeness (QED) is 0.443. The van der Waals surface area contributed by atoms with E-state index in [0.29, 0.717) is 21.8 Å². The Bertz CT molecular complexity index is 1150. The molecule has 3 aromatic rings. The molecule has 2 amide bonds. The van der Waals surface area contributed by atoms with Crippen LogP contribution in [0.3, 0.4) is 0 Å². The maximum atomic E-state index is 12.8. The van der Waals surface area contributed by atoms with Gasteiger partial charge in [-0.2, -0.15) is 0 Å². The van der Waals surface area contributed by atoms with E-state index >= 15 is 0 Å². The number of carbonyl (C=O) groups excluding carboxylic acids is 2. The molecule has 0 N–H and O–H groups in total. The fraction of sp³-hybridized carbons (Fsp3) is 0.0870. The van der Waals surface area contributed by atoms with Gasteiger partial charge in [-0.3, -0.25) is 14.6 Å². The van der Waals surface area contributed by atoms with Gasteiger partial charge in [-0.25, -0.2) is 4.90 Å². The van der Waals surface area contributed by atoms with Crippen LogP contribution in [0.15, 0.2) is 65.7 Å². The summed E-state index contributed by atoms with van der Waals surface area (Å²) in [5.74, 6) is 0.0638. The van der Waals surface area contributed by atoms with Crippen LogP contribution in [0, 0.1) is 6.92 Å². The van der Waals surface area contributed by atoms with Crippen LogP contribution < -0.4 is 9.64 Å². The van der Waals surface area contributed by atoms with E-state index < -0.39 is 0 Å². The van der Waals surface area contributed by atoms with Crippen molar-refractivity contribution in [3.05, 3.63) is 87.9 Å². The molecule has 0 bridgehead atoms. The first kappa shape index (κ1) is 18.9. The number of benzene rings is 3. The minimum atomic E-state index is -0.370. The number of halogens is 1. The number of ether oxygens (including phenoxy) is 1. The predicted molar refractivity (Wildman–Crippen MR) is 114 cm³/mol. The van der Waals surface area contributed by atoms with E-state index in [2.05, 4.69) is 4.99 Å². The summed E-state index contributed by atoms with van der Waals surface area (Å²) in [6, 6.07) is 17.6. The summed E-state index contributed by atoms with van der Waals surface area (Å²) < 4.78 is 5.15. The minimum absolute atomic E-state index is 0.323. The molecule has 6 heteroatoms. The lowest BCUT2D eigenvalue weighted by atomic mass is 10.1. The van der Waals surface area contributed by atoms with Crippen molar-refractivity contribution in [2.75, 3.05) is 12.0 Å². The Morgan fingerprint density at radius 3 is 2.34 bits per heavy atom. The lowest BCUT2D eigenvalue weighted by Gasteiger charge is -2.16. The average molecular weight is 405 g/mol. The van der Waals surface area contributed by atoms with E-state index in [1.165, 1.54) is 11.0 Å². The smallest absolute Gasteiger partial charge is 0.266 e. The summed E-state index contributed by atoms with van der Waals surface area (Å²) in [6.07, 6.45) is 1.75. The van der Waals surface area contributed by atoms with Crippen molar-refractivity contribution in [2.45, 2.75) is 6.92 Å². The number of aliphatic imine (C=N–C) groups is 1. The molecule has 0 saturated carbocycles. The van der Waals surface area contributed by atoms with Crippen molar-refractivity contribution in [3.8, 4) is 5.75 Å². The van der Waals surface area contributed by atoms with Crippen LogP contribution in [-0.4, -0.2) is 25.1 Å². The van der Waals surface area contributed by atoms with E-state index in [0.717, 1.165) is 22.6 Å². The van der Waals surface area contributed by atoms with Crippen molar-refractivity contribution in [3.63, 3.8) is 0 Å². The SMILES string of the molecule is COc1ccc(C=Nc2ccc(N3C(=O)c4ccc(Cl)cc4C3=O)c(C)c2)cc1. The lowest BCUT2D eigenvalue weighted by Crippen LogP contribution is -2.29. The highest BCUT2D eigenvalue weighted by Crippen LogP contribution is 2.33. The van der Waals surface area contributed by atoms with Crippen molar-refractivity contribution < 1.29 is 14.3 Å². The summed E-state index contributed by atoms with van der Waals surface area (Å²) >= 11 is 5.98. The van der Waals surface area contributed by atoms with Gasteiger partial charge in [0.15, 0.2) is 0 Å². The number of fused-ring (bicyclic) bond motifs is 1. The van der Waals surface area contributed by atoms with Gasteiger partial charge in [0, 0.05) is 11.2 Å². The van der Waals surface area contributed by atoms with Crippen molar-refractivity contribution in [1.29, 1.82) is 0 Å². The lowest BCUT2D eigenvalue weighted by molar-refractivity contribution is 0.0926. The molecule has 3 aromatic carbocycles. The number of amides is 2. The van der Waals surface area contributed by atoms with Gasteiger partial charge in [0.25, 0.3) is 11.8 Å². The van der Waals surface area contributed by atoms with Crippen molar-refractivity contribution in [2.24, 2.45) is 4.99 Å². The molecule has 5 nitrogen and oxygen atoms in total. The maximum absolute atomic E-state index is 12.8. The monoisotopic (exact) mass is 404 g/mol. The molecule has 0 spiro atoms. The number of rotatable bonds is 4. The van der Waals surface area contributed by atoms with E-state index in [9.17, 15) is 9.59 Å². The summed E-state index contributed by atoms with van der Waals surface area (Å²) in [7, 11) is 1.62. The second-order valence-corrected chi connectivity index (χ2v) is 7.07. The number of carbonyl (C=O) groups is 2. The van der Waals surface area contributed by atoms with Gasteiger partial charge in [-0.05, 0) is 78.7 Å². The topological polar surface area (TPSA) is 59.0 Å². The Morgan fingerprint density at radius 2 is 1.66 bits per heavy atom. The van der Waals surface area contributed by atoms with Crippen LogP contribution in [-0.2, 0) is 0 Å². The van der Waals surface area contributed by atoms with Gasteiger partial charge < -0.3 is 4.74 Å². The summed E-state index contributed by atoms with van der Waals surface area (Å²) in [5.41, 5.74) is 3.65. The molecule has 0 aromatic heterocycles. The van der Waals surface area contributed by atoms with Gasteiger partial charge in [-0.1, -0.05) is 11.6 Å². The Morgan fingerprint density at radius 1 is 0.931 bits per heavy atom. The van der Waals surface area contributed by atoms with Crippen LogP contribution in [0.4, 0.5) is 11.4 Å². The minimum Gasteiger partial charge on any atom is -0.497 e. The third-order valence-corrected chi connectivity index (χ3v) is 4.98. The fourth-order valence-electron chi connectivity index (χ4n) is 3.24. The molecule has 1 aliphatic heterocycles. The standard InChI is InChI=1S/C23H17ClN2O3/c1-14-11-17(25-13-15-3-7-18(29-2)8-4-15)6-10-21(14)26-22(27)19-9-5-16(24)12-20(19)23(26)28/h3-13H,1-2H3.